The molecule has 0 aromatic heterocycles. The van der Waals surface area contributed by atoms with Crippen molar-refractivity contribution in [1.82, 2.24) is 0 Å². The number of nitrogens with one attached hydrogen (secondary N) is 1. The molecule has 0 unspecified atom stereocenters. The van der Waals surface area contributed by atoms with E-state index in [0.29, 0.717) is 0 Å². The first-order chi connectivity index (χ1) is 14.9. The first-order valence-corrected chi connectivity index (χ1v) is 12.4. The topological polar surface area (TPSA) is 29.1 Å². The van der Waals surface area contributed by atoms with Crippen LogP contribution in [0, 0.1) is 0 Å². The Morgan fingerprint density at radius 3 is 2.48 bits per heavy atom. The Kier molecular flexibility index (Phi) is 6.98. The van der Waals surface area contributed by atoms with Gasteiger partial charge in [-0.25, -0.2) is 0 Å². The Morgan fingerprint density at radius 1 is 1.00 bits per heavy atom. The molecule has 31 heavy (non-hydrogen) atoms. The van der Waals surface area contributed by atoms with Gasteiger partial charge in [-0.3, -0.25) is 4.79 Å². The molecule has 4 heteroatoms. The Morgan fingerprint density at radius 2 is 1.74 bits per heavy atom. The Bertz CT molecular complexity index is 956. The third-order valence-electron chi connectivity index (χ3n) is 6.99. The quantitative estimate of drug-likeness (QED) is 0.471. The van der Waals surface area contributed by atoms with Crippen LogP contribution < -0.4 is 5.32 Å². The summed E-state index contributed by atoms with van der Waals surface area (Å²) >= 11 is 3.55. The van der Waals surface area contributed by atoms with E-state index in [4.69, 9.17) is 0 Å². The highest BCUT2D eigenvalue weighted by atomic mass is 79.9. The normalized spacial score (nSPS) is 17.5. The monoisotopic (exact) mass is 481 g/mol. The standard InChI is InChI=1S/C27H33BrN2O/c1-30(2,26-9-4-3-5-10-26)19-20-11-15-25(16-12-20)29-27(31)22-8-6-7-21-13-14-24(28)18-23(21)17-22/h11-18,26H,3-10,19H2,1-2H3/p+1. The zero-order chi connectivity index (χ0) is 21.8. The Labute approximate surface area is 195 Å². The molecule has 1 fully saturated rings. The van der Waals surface area contributed by atoms with Gasteiger partial charge < -0.3 is 9.80 Å². The average molecular weight is 482 g/mol. The third-order valence-corrected chi connectivity index (χ3v) is 7.48. The van der Waals surface area contributed by atoms with E-state index in [-0.39, 0.29) is 5.91 Å². The predicted molar refractivity (Wildman–Crippen MR) is 133 cm³/mol. The first-order valence-electron chi connectivity index (χ1n) is 11.6. The van der Waals surface area contributed by atoms with Gasteiger partial charge in [-0.15, -0.1) is 0 Å². The van der Waals surface area contributed by atoms with Crippen LogP contribution in [0.4, 0.5) is 5.69 Å². The highest BCUT2D eigenvalue weighted by Crippen LogP contribution is 2.29. The van der Waals surface area contributed by atoms with E-state index < -0.39 is 0 Å². The predicted octanol–water partition coefficient (Wildman–Crippen LogP) is 6.72. The number of quaternary nitrogens is 1. The van der Waals surface area contributed by atoms with Gasteiger partial charge in [0.15, 0.2) is 0 Å². The van der Waals surface area contributed by atoms with Crippen LogP contribution in [0.1, 0.15) is 61.6 Å². The van der Waals surface area contributed by atoms with E-state index in [2.05, 4.69) is 83.9 Å². The van der Waals surface area contributed by atoms with Crippen LogP contribution in [0.15, 0.2) is 52.5 Å². The number of aryl methyl sites for hydroxylation is 1. The molecule has 2 aliphatic rings. The number of anilines is 1. The molecule has 0 aliphatic heterocycles. The van der Waals surface area contributed by atoms with Crippen LogP contribution in [0.5, 0.6) is 0 Å². The fourth-order valence-electron chi connectivity index (χ4n) is 5.12. The van der Waals surface area contributed by atoms with Crippen LogP contribution >= 0.6 is 15.9 Å². The summed E-state index contributed by atoms with van der Waals surface area (Å²) in [5, 5.41) is 3.11. The number of carbonyl (C=O) groups is 1. The highest BCUT2D eigenvalue weighted by Gasteiger charge is 2.29. The van der Waals surface area contributed by atoms with Crippen molar-refractivity contribution in [2.24, 2.45) is 0 Å². The number of nitrogens with zero attached hydrogens (tertiary/aromatic N) is 1. The van der Waals surface area contributed by atoms with Crippen LogP contribution in [-0.2, 0) is 17.8 Å². The van der Waals surface area contributed by atoms with E-state index in [0.717, 1.165) is 57.6 Å². The molecule has 0 bridgehead atoms. The molecule has 1 saturated carbocycles. The van der Waals surface area contributed by atoms with Gasteiger partial charge in [0.2, 0.25) is 0 Å². The van der Waals surface area contributed by atoms with Gasteiger partial charge in [0, 0.05) is 21.3 Å². The lowest BCUT2D eigenvalue weighted by atomic mass is 9.92. The summed E-state index contributed by atoms with van der Waals surface area (Å²) in [4.78, 5) is 12.9. The lowest BCUT2D eigenvalue weighted by molar-refractivity contribution is -0.929. The molecule has 1 amide bonds. The van der Waals surface area contributed by atoms with Gasteiger partial charge in [0.05, 0.1) is 20.1 Å². The second kappa shape index (κ2) is 9.70. The first kappa shape index (κ1) is 22.3. The number of hydrogen-bond donors (Lipinski definition) is 1. The fourth-order valence-corrected chi connectivity index (χ4v) is 5.50. The second-order valence-corrected chi connectivity index (χ2v) is 10.7. The Balaban J connectivity index is 1.41. The van der Waals surface area contributed by atoms with Crippen molar-refractivity contribution in [3.63, 3.8) is 0 Å². The molecule has 1 N–H and O–H groups in total. The number of halogens is 1. The van der Waals surface area contributed by atoms with Crippen molar-refractivity contribution >= 4 is 33.6 Å². The molecule has 0 radical (unpaired) electrons. The van der Waals surface area contributed by atoms with E-state index in [1.165, 1.54) is 43.2 Å². The second-order valence-electron chi connectivity index (χ2n) is 9.75. The maximum Gasteiger partial charge on any atom is 0.251 e. The van der Waals surface area contributed by atoms with Crippen LogP contribution in [0.2, 0.25) is 0 Å². The molecular weight excluding hydrogens is 448 g/mol. The summed E-state index contributed by atoms with van der Waals surface area (Å²) in [5.74, 6) is 0.0129. The van der Waals surface area contributed by atoms with Crippen molar-refractivity contribution in [3.05, 3.63) is 69.2 Å². The SMILES string of the molecule is C[N+](C)(Cc1ccc(NC(=O)C2=Cc3cc(Br)ccc3CCC2)cc1)C1CCCCC1. The summed E-state index contributed by atoms with van der Waals surface area (Å²) in [5.41, 5.74) is 5.53. The van der Waals surface area contributed by atoms with Gasteiger partial charge in [-0.2, -0.15) is 0 Å². The van der Waals surface area contributed by atoms with E-state index >= 15 is 0 Å². The van der Waals surface area contributed by atoms with Crippen molar-refractivity contribution < 1.29 is 9.28 Å². The smallest absolute Gasteiger partial charge is 0.251 e. The lowest BCUT2D eigenvalue weighted by Gasteiger charge is -2.40. The molecule has 0 saturated heterocycles. The van der Waals surface area contributed by atoms with Crippen LogP contribution in [0.25, 0.3) is 6.08 Å². The minimum atomic E-state index is 0.0129. The maximum absolute atomic E-state index is 12.9. The number of amides is 1. The van der Waals surface area contributed by atoms with E-state index in [1.807, 2.05) is 0 Å². The molecule has 4 rings (SSSR count). The summed E-state index contributed by atoms with van der Waals surface area (Å²) in [7, 11) is 4.72. The summed E-state index contributed by atoms with van der Waals surface area (Å²) in [6, 6.07) is 15.5. The van der Waals surface area contributed by atoms with Crippen molar-refractivity contribution in [2.75, 3.05) is 19.4 Å². The fraction of sp³-hybridized carbons (Fsp3) is 0.444. The molecule has 3 nitrogen and oxygen atoms in total. The van der Waals surface area contributed by atoms with Crippen LogP contribution in [-0.4, -0.2) is 30.5 Å². The number of benzene rings is 2. The summed E-state index contributed by atoms with van der Waals surface area (Å²) in [6.07, 6.45) is 11.7. The van der Waals surface area contributed by atoms with Gasteiger partial charge in [-0.1, -0.05) is 40.5 Å². The number of carbonyl (C=O) groups excluding carboxylic acids is 1. The van der Waals surface area contributed by atoms with Crippen LogP contribution in [0.3, 0.4) is 0 Å². The zero-order valence-electron chi connectivity index (χ0n) is 18.8. The average Bonchev–Trinajstić information content (AvgIpc) is 2.97. The van der Waals surface area contributed by atoms with E-state index in [1.54, 1.807) is 0 Å². The minimum absolute atomic E-state index is 0.0129. The van der Waals surface area contributed by atoms with Gasteiger partial charge >= 0.3 is 0 Å². The Hall–Kier alpha value is -1.91. The van der Waals surface area contributed by atoms with Crippen molar-refractivity contribution in [1.29, 1.82) is 0 Å². The van der Waals surface area contributed by atoms with Gasteiger partial charge in [0.1, 0.15) is 6.54 Å². The highest BCUT2D eigenvalue weighted by molar-refractivity contribution is 9.10. The summed E-state index contributed by atoms with van der Waals surface area (Å²) in [6.45, 7) is 1.04. The molecular formula is C27H34BrN2O+. The third kappa shape index (κ3) is 5.67. The van der Waals surface area contributed by atoms with Crippen molar-refractivity contribution in [2.45, 2.75) is 64.0 Å². The molecule has 2 aliphatic carbocycles. The minimum Gasteiger partial charge on any atom is -0.322 e. The van der Waals surface area contributed by atoms with E-state index in [9.17, 15) is 4.79 Å². The molecule has 2 aromatic rings. The molecule has 2 aromatic carbocycles. The van der Waals surface area contributed by atoms with Gasteiger partial charge in [-0.05, 0) is 86.4 Å². The molecule has 164 valence electrons. The molecule has 0 spiro atoms. The number of hydrogen-bond acceptors (Lipinski definition) is 1. The molecule has 0 heterocycles. The zero-order valence-corrected chi connectivity index (χ0v) is 20.4. The lowest BCUT2D eigenvalue weighted by Crippen LogP contribution is -2.48. The molecule has 0 atom stereocenters. The van der Waals surface area contributed by atoms with Crippen molar-refractivity contribution in [3.8, 4) is 0 Å². The number of rotatable bonds is 5. The van der Waals surface area contributed by atoms with Gasteiger partial charge in [0.25, 0.3) is 5.91 Å². The maximum atomic E-state index is 12.9. The number of fused-ring (bicyclic) bond motifs is 1. The summed E-state index contributed by atoms with van der Waals surface area (Å²) < 4.78 is 2.10. The largest absolute Gasteiger partial charge is 0.322 e.